The maximum atomic E-state index is 12.0. The summed E-state index contributed by atoms with van der Waals surface area (Å²) < 4.78 is 28.5. The number of carbonyl (C=O) groups excluding carboxylic acids is 1. The monoisotopic (exact) mass is 371 g/mol. The second kappa shape index (κ2) is 8.84. The third kappa shape index (κ3) is 6.38. The second-order valence-electron chi connectivity index (χ2n) is 5.93. The summed E-state index contributed by atoms with van der Waals surface area (Å²) in [4.78, 5) is 23.2. The van der Waals surface area contributed by atoms with E-state index >= 15 is 0 Å². The number of nitrogens with one attached hydrogen (secondary N) is 1. The van der Waals surface area contributed by atoms with Gasteiger partial charge in [0.25, 0.3) is 5.91 Å². The minimum Gasteiger partial charge on any atom is -0.483 e. The smallest absolute Gasteiger partial charge is 0.326 e. The highest BCUT2D eigenvalue weighted by Crippen LogP contribution is 2.25. The number of carbonyl (C=O) groups is 2. The molecule has 7 nitrogen and oxygen atoms in total. The molecule has 0 aliphatic heterocycles. The summed E-state index contributed by atoms with van der Waals surface area (Å²) in [5.41, 5.74) is 2.81. The van der Waals surface area contributed by atoms with Gasteiger partial charge in [0.15, 0.2) is 6.61 Å². The van der Waals surface area contributed by atoms with Crippen molar-refractivity contribution in [3.05, 3.63) is 28.8 Å². The fourth-order valence-corrected chi connectivity index (χ4v) is 3.10. The standard InChI is InChI=1S/C17H25NO6S/c1-5-25(22,23)9-8-14(17(20)21)18-15(19)10-24-16-12(3)7-6-11(2)13(16)4/h6-7,14H,5,8-10H2,1-4H3,(H,18,19)(H,20,21). The normalized spacial score (nSPS) is 12.5. The Balaban J connectivity index is 2.67. The molecule has 140 valence electrons. The lowest BCUT2D eigenvalue weighted by Gasteiger charge is -2.16. The van der Waals surface area contributed by atoms with Gasteiger partial charge in [0.05, 0.1) is 5.75 Å². The molecule has 2 N–H and O–H groups in total. The predicted molar refractivity (Wildman–Crippen MR) is 94.7 cm³/mol. The van der Waals surface area contributed by atoms with E-state index in [0.29, 0.717) is 5.75 Å². The second-order valence-corrected chi connectivity index (χ2v) is 8.40. The van der Waals surface area contributed by atoms with Crippen LogP contribution in [0.4, 0.5) is 0 Å². The van der Waals surface area contributed by atoms with E-state index in [1.54, 1.807) is 0 Å². The van der Waals surface area contributed by atoms with E-state index < -0.39 is 27.8 Å². The average molecular weight is 371 g/mol. The van der Waals surface area contributed by atoms with Crippen molar-refractivity contribution < 1.29 is 27.9 Å². The zero-order chi connectivity index (χ0) is 19.2. The van der Waals surface area contributed by atoms with Gasteiger partial charge < -0.3 is 15.2 Å². The van der Waals surface area contributed by atoms with Gasteiger partial charge in [-0.3, -0.25) is 4.79 Å². The maximum Gasteiger partial charge on any atom is 0.326 e. The molecule has 1 atom stereocenters. The molecule has 0 radical (unpaired) electrons. The van der Waals surface area contributed by atoms with Crippen molar-refractivity contribution in [2.45, 2.75) is 40.2 Å². The lowest BCUT2D eigenvalue weighted by Crippen LogP contribution is -2.44. The molecule has 25 heavy (non-hydrogen) atoms. The van der Waals surface area contributed by atoms with Gasteiger partial charge in [0.1, 0.15) is 21.6 Å². The highest BCUT2D eigenvalue weighted by Gasteiger charge is 2.23. The highest BCUT2D eigenvalue weighted by molar-refractivity contribution is 7.91. The van der Waals surface area contributed by atoms with Crippen molar-refractivity contribution in [3.8, 4) is 5.75 Å². The van der Waals surface area contributed by atoms with Gasteiger partial charge in [0, 0.05) is 5.75 Å². The Kier molecular flexibility index (Phi) is 7.41. The molecular weight excluding hydrogens is 346 g/mol. The first-order chi connectivity index (χ1) is 11.6. The number of amides is 1. The molecule has 1 aromatic rings. The van der Waals surface area contributed by atoms with Crippen LogP contribution in [-0.2, 0) is 19.4 Å². The Bertz CT molecular complexity index is 742. The fraction of sp³-hybridized carbons (Fsp3) is 0.529. The number of hydrogen-bond donors (Lipinski definition) is 2. The van der Waals surface area contributed by atoms with Crippen LogP contribution in [0.2, 0.25) is 0 Å². The minimum absolute atomic E-state index is 0.0672. The van der Waals surface area contributed by atoms with Crippen LogP contribution in [0.1, 0.15) is 30.0 Å². The summed E-state index contributed by atoms with van der Waals surface area (Å²) in [5.74, 6) is -1.65. The Hall–Kier alpha value is -2.09. The zero-order valence-corrected chi connectivity index (χ0v) is 15.8. The topological polar surface area (TPSA) is 110 Å². The zero-order valence-electron chi connectivity index (χ0n) is 15.0. The Morgan fingerprint density at radius 2 is 1.80 bits per heavy atom. The van der Waals surface area contributed by atoms with Crippen molar-refractivity contribution in [2.24, 2.45) is 0 Å². The molecule has 0 aliphatic rings. The van der Waals surface area contributed by atoms with Crippen molar-refractivity contribution in [3.63, 3.8) is 0 Å². The van der Waals surface area contributed by atoms with E-state index in [1.807, 2.05) is 32.9 Å². The molecule has 1 unspecified atom stereocenters. The molecule has 1 aromatic carbocycles. The summed E-state index contributed by atoms with van der Waals surface area (Å²) in [6.07, 6.45) is -0.181. The number of benzene rings is 1. The lowest BCUT2D eigenvalue weighted by atomic mass is 10.1. The summed E-state index contributed by atoms with van der Waals surface area (Å²) in [7, 11) is -3.30. The molecule has 1 amide bonds. The number of aryl methyl sites for hydroxylation is 2. The minimum atomic E-state index is -3.30. The van der Waals surface area contributed by atoms with Crippen molar-refractivity contribution in [2.75, 3.05) is 18.1 Å². The first kappa shape index (κ1) is 21.0. The van der Waals surface area contributed by atoms with Crippen molar-refractivity contribution in [1.29, 1.82) is 0 Å². The molecule has 8 heteroatoms. The van der Waals surface area contributed by atoms with Crippen LogP contribution in [0, 0.1) is 20.8 Å². The van der Waals surface area contributed by atoms with Crippen molar-refractivity contribution in [1.82, 2.24) is 5.32 Å². The van der Waals surface area contributed by atoms with Crippen LogP contribution >= 0.6 is 0 Å². The SMILES string of the molecule is CCS(=O)(=O)CCC(NC(=O)COc1c(C)ccc(C)c1C)C(=O)O. The lowest BCUT2D eigenvalue weighted by molar-refractivity contribution is -0.142. The van der Waals surface area contributed by atoms with E-state index in [0.717, 1.165) is 16.7 Å². The average Bonchev–Trinajstić information content (AvgIpc) is 2.54. The summed E-state index contributed by atoms with van der Waals surface area (Å²) in [5, 5.41) is 11.5. The first-order valence-corrected chi connectivity index (χ1v) is 9.81. The summed E-state index contributed by atoms with van der Waals surface area (Å²) in [6.45, 7) is 6.82. The first-order valence-electron chi connectivity index (χ1n) is 7.99. The maximum absolute atomic E-state index is 12.0. The van der Waals surface area contributed by atoms with Gasteiger partial charge >= 0.3 is 5.97 Å². The predicted octanol–water partition coefficient (Wildman–Crippen LogP) is 1.38. The molecule has 0 spiro atoms. The molecule has 0 saturated carbocycles. The molecule has 0 saturated heterocycles. The van der Waals surface area contributed by atoms with Gasteiger partial charge in [-0.2, -0.15) is 0 Å². The van der Waals surface area contributed by atoms with Gasteiger partial charge in [-0.25, -0.2) is 13.2 Å². The van der Waals surface area contributed by atoms with Crippen LogP contribution in [0.25, 0.3) is 0 Å². The number of hydrogen-bond acceptors (Lipinski definition) is 5. The Morgan fingerprint density at radius 1 is 1.20 bits per heavy atom. The summed E-state index contributed by atoms with van der Waals surface area (Å²) >= 11 is 0. The molecule has 0 aromatic heterocycles. The number of sulfone groups is 1. The number of aliphatic carboxylic acids is 1. The molecule has 0 heterocycles. The number of carboxylic acid groups (broad SMARTS) is 1. The van der Waals surface area contributed by atoms with Crippen LogP contribution in [0.3, 0.4) is 0 Å². The highest BCUT2D eigenvalue weighted by atomic mass is 32.2. The molecule has 1 rings (SSSR count). The fourth-order valence-electron chi connectivity index (χ4n) is 2.22. The summed E-state index contributed by atoms with van der Waals surface area (Å²) in [6, 6.07) is 2.56. The Labute approximate surface area is 148 Å². The quantitative estimate of drug-likeness (QED) is 0.679. The molecule has 0 fully saturated rings. The van der Waals surface area contributed by atoms with Crippen LogP contribution in [-0.4, -0.2) is 49.6 Å². The van der Waals surface area contributed by atoms with Gasteiger partial charge in [0.2, 0.25) is 0 Å². The van der Waals surface area contributed by atoms with Crippen LogP contribution in [0.5, 0.6) is 5.75 Å². The van der Waals surface area contributed by atoms with Gasteiger partial charge in [-0.1, -0.05) is 19.1 Å². The molecule has 0 aliphatic carbocycles. The third-order valence-corrected chi connectivity index (χ3v) is 5.75. The Morgan fingerprint density at radius 3 is 2.36 bits per heavy atom. The van der Waals surface area contributed by atoms with E-state index in [9.17, 15) is 18.0 Å². The van der Waals surface area contributed by atoms with E-state index in [2.05, 4.69) is 5.32 Å². The van der Waals surface area contributed by atoms with E-state index in [1.165, 1.54) is 6.92 Å². The number of ether oxygens (including phenoxy) is 1. The van der Waals surface area contributed by atoms with E-state index in [-0.39, 0.29) is 24.5 Å². The van der Waals surface area contributed by atoms with Gasteiger partial charge in [-0.05, 0) is 43.9 Å². The van der Waals surface area contributed by atoms with Crippen LogP contribution < -0.4 is 10.1 Å². The van der Waals surface area contributed by atoms with Gasteiger partial charge in [-0.15, -0.1) is 0 Å². The molecule has 0 bridgehead atoms. The largest absolute Gasteiger partial charge is 0.483 e. The van der Waals surface area contributed by atoms with Crippen LogP contribution in [0.15, 0.2) is 12.1 Å². The third-order valence-electron chi connectivity index (χ3n) is 4.01. The van der Waals surface area contributed by atoms with Crippen molar-refractivity contribution >= 4 is 21.7 Å². The van der Waals surface area contributed by atoms with E-state index in [4.69, 9.17) is 9.84 Å². The number of rotatable bonds is 9. The molecular formula is C17H25NO6S. The number of carboxylic acids is 1.